The molecule has 1 aliphatic rings. The number of nitrogens with two attached hydrogens (primary N) is 1. The zero-order chi connectivity index (χ0) is 13.7. The van der Waals surface area contributed by atoms with Gasteiger partial charge in [-0.3, -0.25) is 0 Å². The van der Waals surface area contributed by atoms with Crippen LogP contribution in [0.1, 0.15) is 24.0 Å². The Labute approximate surface area is 109 Å². The minimum Gasteiger partial charge on any atom is -0.330 e. The van der Waals surface area contributed by atoms with Gasteiger partial charge in [0.25, 0.3) is 0 Å². The fraction of sp³-hybridized carbons (Fsp3) is 0.333. The average Bonchev–Trinajstić information content (AvgIpc) is 3.17. The summed E-state index contributed by atoms with van der Waals surface area (Å²) in [4.78, 5) is 0. The fourth-order valence-corrected chi connectivity index (χ4v) is 2.75. The molecule has 100 valence electrons. The molecule has 1 saturated carbocycles. The van der Waals surface area contributed by atoms with Crippen LogP contribution in [0.15, 0.2) is 36.4 Å². The molecule has 1 nitrogen and oxygen atoms in total. The van der Waals surface area contributed by atoms with E-state index in [1.54, 1.807) is 12.1 Å². The SMILES string of the molecule is NCC1(c2cccc3c(C(F)(F)F)cccc23)CC1. The van der Waals surface area contributed by atoms with Crippen LogP contribution in [-0.4, -0.2) is 6.54 Å². The molecular weight excluding hydrogens is 251 g/mol. The van der Waals surface area contributed by atoms with Gasteiger partial charge in [-0.05, 0) is 35.2 Å². The lowest BCUT2D eigenvalue weighted by Gasteiger charge is -2.18. The fourth-order valence-electron chi connectivity index (χ4n) is 2.75. The molecule has 0 saturated heterocycles. The lowest BCUT2D eigenvalue weighted by atomic mass is 9.89. The maximum absolute atomic E-state index is 13.0. The molecule has 0 spiro atoms. The lowest BCUT2D eigenvalue weighted by Crippen LogP contribution is -2.20. The van der Waals surface area contributed by atoms with Gasteiger partial charge >= 0.3 is 6.18 Å². The number of benzene rings is 2. The Balaban J connectivity index is 2.28. The Bertz CT molecular complexity index is 627. The maximum Gasteiger partial charge on any atom is 0.417 e. The van der Waals surface area contributed by atoms with E-state index in [9.17, 15) is 13.2 Å². The Hall–Kier alpha value is -1.55. The summed E-state index contributed by atoms with van der Waals surface area (Å²) >= 11 is 0. The summed E-state index contributed by atoms with van der Waals surface area (Å²) in [6.07, 6.45) is -2.41. The predicted octanol–water partition coefficient (Wildman–Crippen LogP) is 3.85. The summed E-state index contributed by atoms with van der Waals surface area (Å²) in [6, 6.07) is 9.50. The summed E-state index contributed by atoms with van der Waals surface area (Å²) in [7, 11) is 0. The second-order valence-electron chi connectivity index (χ2n) is 5.19. The Kier molecular flexibility index (Phi) is 2.61. The largest absolute Gasteiger partial charge is 0.417 e. The van der Waals surface area contributed by atoms with Crippen LogP contribution in [0.25, 0.3) is 10.8 Å². The Morgan fingerprint density at radius 1 is 1.00 bits per heavy atom. The van der Waals surface area contributed by atoms with Crippen LogP contribution >= 0.6 is 0 Å². The van der Waals surface area contributed by atoms with Crippen LogP contribution in [0, 0.1) is 0 Å². The molecule has 0 aromatic heterocycles. The molecule has 0 heterocycles. The van der Waals surface area contributed by atoms with Crippen LogP contribution in [0.2, 0.25) is 0 Å². The summed E-state index contributed by atoms with van der Waals surface area (Å²) < 4.78 is 39.1. The van der Waals surface area contributed by atoms with E-state index in [-0.39, 0.29) is 10.8 Å². The van der Waals surface area contributed by atoms with E-state index in [2.05, 4.69) is 0 Å². The van der Waals surface area contributed by atoms with Crippen molar-refractivity contribution in [1.82, 2.24) is 0 Å². The number of halogens is 3. The lowest BCUT2D eigenvalue weighted by molar-refractivity contribution is -0.136. The molecule has 1 aliphatic carbocycles. The monoisotopic (exact) mass is 265 g/mol. The molecule has 2 N–H and O–H groups in total. The molecule has 2 aromatic carbocycles. The topological polar surface area (TPSA) is 26.0 Å². The molecule has 3 rings (SSSR count). The van der Waals surface area contributed by atoms with E-state index in [1.807, 2.05) is 6.07 Å². The number of hydrogen-bond acceptors (Lipinski definition) is 1. The van der Waals surface area contributed by atoms with E-state index >= 15 is 0 Å². The number of rotatable bonds is 2. The molecule has 2 aromatic rings. The first kappa shape index (κ1) is 12.5. The van der Waals surface area contributed by atoms with Crippen LogP contribution < -0.4 is 5.73 Å². The van der Waals surface area contributed by atoms with Gasteiger partial charge < -0.3 is 5.73 Å². The molecule has 0 aliphatic heterocycles. The second-order valence-corrected chi connectivity index (χ2v) is 5.19. The third-order valence-electron chi connectivity index (χ3n) is 4.04. The van der Waals surface area contributed by atoms with Crippen LogP contribution in [0.4, 0.5) is 13.2 Å². The van der Waals surface area contributed by atoms with Gasteiger partial charge in [-0.1, -0.05) is 30.3 Å². The highest BCUT2D eigenvalue weighted by atomic mass is 19.4. The normalized spacial score (nSPS) is 17.7. The quantitative estimate of drug-likeness (QED) is 0.877. The average molecular weight is 265 g/mol. The summed E-state index contributed by atoms with van der Waals surface area (Å²) in [5.74, 6) is 0. The van der Waals surface area contributed by atoms with Crippen LogP contribution in [-0.2, 0) is 11.6 Å². The van der Waals surface area contributed by atoms with Gasteiger partial charge in [0, 0.05) is 12.0 Å². The molecule has 0 radical (unpaired) electrons. The zero-order valence-electron chi connectivity index (χ0n) is 10.3. The van der Waals surface area contributed by atoms with Crippen molar-refractivity contribution in [3.05, 3.63) is 47.5 Å². The molecule has 0 amide bonds. The van der Waals surface area contributed by atoms with Gasteiger partial charge in [-0.2, -0.15) is 13.2 Å². The highest BCUT2D eigenvalue weighted by molar-refractivity contribution is 5.90. The number of alkyl halides is 3. The van der Waals surface area contributed by atoms with Gasteiger partial charge in [0.05, 0.1) is 5.56 Å². The van der Waals surface area contributed by atoms with Crippen molar-refractivity contribution in [2.75, 3.05) is 6.54 Å². The first-order valence-electron chi connectivity index (χ1n) is 6.27. The molecule has 19 heavy (non-hydrogen) atoms. The summed E-state index contributed by atoms with van der Waals surface area (Å²) in [5.41, 5.74) is 6.07. The van der Waals surface area contributed by atoms with Crippen molar-refractivity contribution in [2.45, 2.75) is 24.4 Å². The van der Waals surface area contributed by atoms with Crippen molar-refractivity contribution in [3.8, 4) is 0 Å². The van der Waals surface area contributed by atoms with Gasteiger partial charge in [0.15, 0.2) is 0 Å². The third kappa shape index (κ3) is 1.91. The van der Waals surface area contributed by atoms with Crippen molar-refractivity contribution in [1.29, 1.82) is 0 Å². The molecule has 0 unspecified atom stereocenters. The van der Waals surface area contributed by atoms with Crippen molar-refractivity contribution < 1.29 is 13.2 Å². The Morgan fingerprint density at radius 3 is 2.21 bits per heavy atom. The number of fused-ring (bicyclic) bond motifs is 1. The molecule has 0 atom stereocenters. The van der Waals surface area contributed by atoms with Gasteiger partial charge in [-0.25, -0.2) is 0 Å². The van der Waals surface area contributed by atoms with Gasteiger partial charge in [-0.15, -0.1) is 0 Å². The van der Waals surface area contributed by atoms with E-state index < -0.39 is 11.7 Å². The first-order chi connectivity index (χ1) is 8.98. The predicted molar refractivity (Wildman–Crippen MR) is 68.9 cm³/mol. The minimum atomic E-state index is -4.32. The van der Waals surface area contributed by atoms with Crippen LogP contribution in [0.5, 0.6) is 0 Å². The smallest absolute Gasteiger partial charge is 0.330 e. The summed E-state index contributed by atoms with van der Waals surface area (Å²) in [5, 5.41) is 0.951. The highest BCUT2D eigenvalue weighted by Gasteiger charge is 2.44. The van der Waals surface area contributed by atoms with E-state index in [1.165, 1.54) is 12.1 Å². The van der Waals surface area contributed by atoms with E-state index in [4.69, 9.17) is 5.73 Å². The molecule has 1 fully saturated rings. The molecule has 0 bridgehead atoms. The molecular formula is C15H14F3N. The van der Waals surface area contributed by atoms with E-state index in [0.717, 1.165) is 24.5 Å². The second kappa shape index (κ2) is 3.97. The van der Waals surface area contributed by atoms with E-state index in [0.29, 0.717) is 11.9 Å². The highest BCUT2D eigenvalue weighted by Crippen LogP contribution is 2.50. The third-order valence-corrected chi connectivity index (χ3v) is 4.04. The standard InChI is InChI=1S/C15H14F3N/c16-15(17,18)13-6-2-3-10-11(13)4-1-5-12(10)14(9-19)7-8-14/h1-6H,7-9,19H2. The Morgan fingerprint density at radius 2 is 1.63 bits per heavy atom. The van der Waals surface area contributed by atoms with Gasteiger partial charge in [0.1, 0.15) is 0 Å². The van der Waals surface area contributed by atoms with Crippen molar-refractivity contribution >= 4 is 10.8 Å². The molecule has 4 heteroatoms. The van der Waals surface area contributed by atoms with Crippen molar-refractivity contribution in [2.24, 2.45) is 5.73 Å². The maximum atomic E-state index is 13.0. The van der Waals surface area contributed by atoms with Crippen LogP contribution in [0.3, 0.4) is 0 Å². The zero-order valence-corrected chi connectivity index (χ0v) is 10.3. The number of hydrogen-bond donors (Lipinski definition) is 1. The summed E-state index contributed by atoms with van der Waals surface area (Å²) in [6.45, 7) is 0.488. The van der Waals surface area contributed by atoms with Gasteiger partial charge in [0.2, 0.25) is 0 Å². The first-order valence-corrected chi connectivity index (χ1v) is 6.27. The van der Waals surface area contributed by atoms with Crippen molar-refractivity contribution in [3.63, 3.8) is 0 Å². The minimum absolute atomic E-state index is 0.107.